The summed E-state index contributed by atoms with van der Waals surface area (Å²) in [5, 5.41) is 11.3. The van der Waals surface area contributed by atoms with Crippen molar-refractivity contribution in [3.63, 3.8) is 0 Å². The number of alkyl halides is 1. The summed E-state index contributed by atoms with van der Waals surface area (Å²) < 4.78 is 0.136. The van der Waals surface area contributed by atoms with E-state index in [1.54, 1.807) is 0 Å². The van der Waals surface area contributed by atoms with E-state index in [9.17, 15) is 9.90 Å². The van der Waals surface area contributed by atoms with Crippen LogP contribution in [0.15, 0.2) is 0 Å². The van der Waals surface area contributed by atoms with Crippen LogP contribution < -0.4 is 5.11 Å². The second-order valence-corrected chi connectivity index (χ2v) is 7.36. The van der Waals surface area contributed by atoms with Gasteiger partial charge in [-0.2, -0.15) is 0 Å². The third-order valence-electron chi connectivity index (χ3n) is 4.42. The molecule has 4 saturated carbocycles. The van der Waals surface area contributed by atoms with Crippen molar-refractivity contribution in [3.8, 4) is 0 Å². The SMILES string of the molecule is O=C([O-])C12C[C@@H]3C[C@@H](CC(Br)(C3)C1)C2. The number of hydrogen-bond acceptors (Lipinski definition) is 2. The average Bonchev–Trinajstić information content (AvgIpc) is 1.98. The smallest absolute Gasteiger partial charge is 0.0476 e. The summed E-state index contributed by atoms with van der Waals surface area (Å²) in [7, 11) is 0. The Morgan fingerprint density at radius 1 is 1.21 bits per heavy atom. The van der Waals surface area contributed by atoms with Crippen molar-refractivity contribution in [3.05, 3.63) is 0 Å². The molecule has 4 rings (SSSR count). The lowest BCUT2D eigenvalue weighted by Crippen LogP contribution is -2.59. The normalized spacial score (nSPS) is 54.9. The number of carbonyl (C=O) groups is 1. The number of carboxylic acid groups (broad SMARTS) is 1. The van der Waals surface area contributed by atoms with E-state index in [2.05, 4.69) is 15.9 Å². The Labute approximate surface area is 92.2 Å². The van der Waals surface area contributed by atoms with Gasteiger partial charge < -0.3 is 9.90 Å². The third kappa shape index (κ3) is 1.11. The van der Waals surface area contributed by atoms with E-state index in [-0.39, 0.29) is 4.32 Å². The van der Waals surface area contributed by atoms with Gasteiger partial charge in [0, 0.05) is 15.7 Å². The van der Waals surface area contributed by atoms with Crippen molar-refractivity contribution in [1.29, 1.82) is 0 Å². The van der Waals surface area contributed by atoms with Crippen LogP contribution >= 0.6 is 15.9 Å². The molecule has 78 valence electrons. The van der Waals surface area contributed by atoms with Gasteiger partial charge >= 0.3 is 0 Å². The summed E-state index contributed by atoms with van der Waals surface area (Å²) in [5.74, 6) is 0.470. The van der Waals surface area contributed by atoms with E-state index < -0.39 is 11.4 Å². The quantitative estimate of drug-likeness (QED) is 0.668. The summed E-state index contributed by atoms with van der Waals surface area (Å²) in [6, 6.07) is 0. The lowest BCUT2D eigenvalue weighted by molar-refractivity contribution is -0.326. The fourth-order valence-electron chi connectivity index (χ4n) is 4.39. The molecule has 4 aliphatic carbocycles. The maximum atomic E-state index is 11.3. The van der Waals surface area contributed by atoms with E-state index in [1.165, 1.54) is 19.3 Å². The van der Waals surface area contributed by atoms with Crippen LogP contribution in [0.25, 0.3) is 0 Å². The summed E-state index contributed by atoms with van der Waals surface area (Å²) in [6.45, 7) is 0. The van der Waals surface area contributed by atoms with Crippen molar-refractivity contribution in [2.45, 2.75) is 42.8 Å². The van der Waals surface area contributed by atoms with Crippen LogP contribution in [0.2, 0.25) is 0 Å². The predicted molar refractivity (Wildman–Crippen MR) is 53.8 cm³/mol. The first-order valence-electron chi connectivity index (χ1n) is 5.42. The minimum atomic E-state index is -0.796. The Balaban J connectivity index is 2.00. The molecular formula is C11H14BrO2-. The zero-order valence-electron chi connectivity index (χ0n) is 8.09. The van der Waals surface area contributed by atoms with Crippen molar-refractivity contribution in [2.24, 2.45) is 17.3 Å². The summed E-state index contributed by atoms with van der Waals surface area (Å²) in [6.07, 6.45) is 6.16. The van der Waals surface area contributed by atoms with Crippen molar-refractivity contribution in [2.75, 3.05) is 0 Å². The molecule has 0 aliphatic heterocycles. The number of carboxylic acids is 1. The molecule has 0 N–H and O–H groups in total. The number of halogens is 1. The molecule has 0 radical (unpaired) electrons. The molecule has 2 nitrogen and oxygen atoms in total. The molecule has 0 amide bonds. The van der Waals surface area contributed by atoms with E-state index in [1.807, 2.05) is 0 Å². The van der Waals surface area contributed by atoms with Gasteiger partial charge in [0.1, 0.15) is 0 Å². The van der Waals surface area contributed by atoms with Crippen LogP contribution in [0.1, 0.15) is 38.5 Å². The second kappa shape index (κ2) is 2.55. The molecule has 0 spiro atoms. The largest absolute Gasteiger partial charge is 0.550 e. The van der Waals surface area contributed by atoms with Crippen LogP contribution in [0.3, 0.4) is 0 Å². The minimum absolute atomic E-state index is 0.136. The summed E-state index contributed by atoms with van der Waals surface area (Å²) in [5.41, 5.74) is -0.479. The molecule has 0 aromatic carbocycles. The van der Waals surface area contributed by atoms with Gasteiger partial charge in [0.25, 0.3) is 0 Å². The van der Waals surface area contributed by atoms with Crippen molar-refractivity contribution < 1.29 is 9.90 Å². The topological polar surface area (TPSA) is 40.1 Å². The number of aliphatic carboxylic acids is 1. The highest BCUT2D eigenvalue weighted by Gasteiger charge is 2.57. The van der Waals surface area contributed by atoms with Crippen LogP contribution in [0.5, 0.6) is 0 Å². The molecule has 4 bridgehead atoms. The molecule has 4 fully saturated rings. The Bertz CT molecular complexity index is 286. The summed E-state index contributed by atoms with van der Waals surface area (Å²) in [4.78, 5) is 11.3. The Kier molecular flexibility index (Phi) is 1.67. The molecule has 4 aliphatic rings. The first-order valence-corrected chi connectivity index (χ1v) is 6.21. The Hall–Kier alpha value is -0.0500. The van der Waals surface area contributed by atoms with Crippen LogP contribution in [0.4, 0.5) is 0 Å². The highest BCUT2D eigenvalue weighted by atomic mass is 79.9. The zero-order chi connectivity index (χ0) is 9.97. The maximum absolute atomic E-state index is 11.3. The molecule has 0 heterocycles. The van der Waals surface area contributed by atoms with Gasteiger partial charge in [0.15, 0.2) is 0 Å². The fourth-order valence-corrected chi connectivity index (χ4v) is 5.84. The molecule has 0 saturated heterocycles. The molecule has 2 unspecified atom stereocenters. The minimum Gasteiger partial charge on any atom is -0.550 e. The first kappa shape index (κ1) is 9.20. The monoisotopic (exact) mass is 257 g/mol. The van der Waals surface area contributed by atoms with Crippen molar-refractivity contribution in [1.82, 2.24) is 0 Å². The van der Waals surface area contributed by atoms with E-state index >= 15 is 0 Å². The lowest BCUT2D eigenvalue weighted by atomic mass is 9.49. The number of hydrogen-bond donors (Lipinski definition) is 0. The Morgan fingerprint density at radius 3 is 2.21 bits per heavy atom. The van der Waals surface area contributed by atoms with Crippen LogP contribution in [-0.2, 0) is 4.79 Å². The first-order chi connectivity index (χ1) is 6.51. The van der Waals surface area contributed by atoms with E-state index in [0.29, 0.717) is 11.8 Å². The van der Waals surface area contributed by atoms with E-state index in [4.69, 9.17) is 0 Å². The van der Waals surface area contributed by atoms with Crippen LogP contribution in [0, 0.1) is 17.3 Å². The van der Waals surface area contributed by atoms with Crippen molar-refractivity contribution >= 4 is 21.9 Å². The lowest BCUT2D eigenvalue weighted by Gasteiger charge is -2.60. The molecule has 3 heteroatoms. The van der Waals surface area contributed by atoms with Gasteiger partial charge in [-0.15, -0.1) is 0 Å². The number of rotatable bonds is 1. The summed E-state index contributed by atoms with van der Waals surface area (Å²) >= 11 is 3.77. The highest BCUT2D eigenvalue weighted by molar-refractivity contribution is 9.10. The van der Waals surface area contributed by atoms with Gasteiger partial charge in [0.2, 0.25) is 0 Å². The van der Waals surface area contributed by atoms with E-state index in [0.717, 1.165) is 19.3 Å². The average molecular weight is 258 g/mol. The van der Waals surface area contributed by atoms with Gasteiger partial charge in [-0.05, 0) is 50.4 Å². The molecule has 4 atom stereocenters. The molecule has 0 aromatic rings. The predicted octanol–water partition coefficient (Wildman–Crippen LogP) is 1.47. The standard InChI is InChI=1S/C11H15BrO2/c12-11-4-7-1-8(5-11)3-10(2-7,6-11)9(13)14/h7-8H,1-6H2,(H,13,14)/p-1/t7-,8+,10?,11?. The number of carbonyl (C=O) groups excluding carboxylic acids is 1. The molecule has 14 heavy (non-hydrogen) atoms. The second-order valence-electron chi connectivity index (χ2n) is 5.68. The molecule has 0 aromatic heterocycles. The molecular weight excluding hydrogens is 244 g/mol. The van der Waals surface area contributed by atoms with Gasteiger partial charge in [0.05, 0.1) is 0 Å². The maximum Gasteiger partial charge on any atom is 0.0476 e. The highest BCUT2D eigenvalue weighted by Crippen LogP contribution is 2.64. The van der Waals surface area contributed by atoms with Gasteiger partial charge in [-0.3, -0.25) is 0 Å². The van der Waals surface area contributed by atoms with Gasteiger partial charge in [-0.1, -0.05) is 15.9 Å². The Morgan fingerprint density at radius 2 is 1.79 bits per heavy atom. The fraction of sp³-hybridized carbons (Fsp3) is 0.909. The van der Waals surface area contributed by atoms with Crippen LogP contribution in [-0.4, -0.2) is 10.3 Å². The van der Waals surface area contributed by atoms with Gasteiger partial charge in [-0.25, -0.2) is 0 Å². The zero-order valence-corrected chi connectivity index (χ0v) is 9.68. The third-order valence-corrected chi connectivity index (χ3v) is 5.35.